The Bertz CT molecular complexity index is 1110. The third-order valence-electron chi connectivity index (χ3n) is 5.77. The molecule has 1 atom stereocenters. The maximum Gasteiger partial charge on any atom is 0.290 e. The molecule has 2 aromatic carbocycles. The fraction of sp³-hybridized carbons (Fsp3) is 0.292. The zero-order valence-corrected chi connectivity index (χ0v) is 17.8. The van der Waals surface area contributed by atoms with Crippen LogP contribution in [0.4, 0.5) is 0 Å². The van der Waals surface area contributed by atoms with E-state index >= 15 is 0 Å². The Morgan fingerprint density at radius 2 is 2.16 bits per heavy atom. The van der Waals surface area contributed by atoms with Crippen molar-refractivity contribution in [3.63, 3.8) is 0 Å². The monoisotopic (exact) mass is 435 g/mol. The van der Waals surface area contributed by atoms with Crippen LogP contribution >= 0.6 is 0 Å². The second-order valence-electron chi connectivity index (χ2n) is 7.66. The molecule has 3 heterocycles. The number of H-pyrrole nitrogens is 1. The third kappa shape index (κ3) is 4.30. The minimum absolute atomic E-state index is 0.00464. The smallest absolute Gasteiger partial charge is 0.290 e. The second-order valence-corrected chi connectivity index (χ2v) is 7.66. The van der Waals surface area contributed by atoms with E-state index in [4.69, 9.17) is 19.4 Å². The summed E-state index contributed by atoms with van der Waals surface area (Å²) in [5.74, 6) is 1.74. The minimum atomic E-state index is -0.250. The number of rotatable bonds is 3. The predicted octanol–water partition coefficient (Wildman–Crippen LogP) is 3.23. The summed E-state index contributed by atoms with van der Waals surface area (Å²) in [7, 11) is 1.66. The molecule has 1 aromatic heterocycles. The Kier molecular flexibility index (Phi) is 6.39. The number of carbonyl (C=O) groups excluding carboxylic acids is 1. The molecule has 2 N–H and O–H groups in total. The van der Waals surface area contributed by atoms with Gasteiger partial charge >= 0.3 is 0 Å². The van der Waals surface area contributed by atoms with Gasteiger partial charge in [0, 0.05) is 18.0 Å². The number of methoxy groups -OCH3 is 1. The molecule has 0 spiro atoms. The number of aryl methyl sites for hydroxylation is 1. The lowest BCUT2D eigenvalue weighted by Crippen LogP contribution is -2.38. The van der Waals surface area contributed by atoms with E-state index in [1.807, 2.05) is 41.3 Å². The highest BCUT2D eigenvalue weighted by Gasteiger charge is 2.32. The van der Waals surface area contributed by atoms with Gasteiger partial charge < -0.3 is 24.5 Å². The summed E-state index contributed by atoms with van der Waals surface area (Å²) < 4.78 is 11.1. The van der Waals surface area contributed by atoms with Crippen LogP contribution in [0.2, 0.25) is 0 Å². The molecule has 8 heteroatoms. The molecule has 2 aliphatic rings. The standard InChI is InChI=1S/C23H23N3O3.CH2O2/c1-28-18-6-2-4-15(11-18)19-12-26(13-20-22(19)25-14-24-20)23(27)17-7-8-21-16(10-17)5-3-9-29-21;2-1-3/h2,4,6-8,10-11,14,19H,3,5,9,12-13H2,1H3,(H,24,25);1H,(H,2,3). The van der Waals surface area contributed by atoms with Crippen molar-refractivity contribution >= 4 is 12.4 Å². The van der Waals surface area contributed by atoms with Crippen LogP contribution in [-0.4, -0.2) is 52.6 Å². The highest BCUT2D eigenvalue weighted by molar-refractivity contribution is 5.95. The van der Waals surface area contributed by atoms with Crippen molar-refractivity contribution in [3.05, 3.63) is 76.9 Å². The van der Waals surface area contributed by atoms with Gasteiger partial charge in [-0.3, -0.25) is 9.59 Å². The molecular formula is C24H25N3O5. The Morgan fingerprint density at radius 3 is 2.97 bits per heavy atom. The van der Waals surface area contributed by atoms with E-state index in [2.05, 4.69) is 16.0 Å². The number of aromatic nitrogens is 2. The summed E-state index contributed by atoms with van der Waals surface area (Å²) in [4.78, 5) is 31.4. The van der Waals surface area contributed by atoms with E-state index in [1.54, 1.807) is 13.4 Å². The van der Waals surface area contributed by atoms with Gasteiger partial charge in [-0.2, -0.15) is 0 Å². The van der Waals surface area contributed by atoms with Crippen molar-refractivity contribution in [1.82, 2.24) is 14.9 Å². The van der Waals surface area contributed by atoms with Crippen molar-refractivity contribution < 1.29 is 24.2 Å². The first-order chi connectivity index (χ1) is 15.6. The van der Waals surface area contributed by atoms with Crippen molar-refractivity contribution in [3.8, 4) is 11.5 Å². The molecule has 0 bridgehead atoms. The van der Waals surface area contributed by atoms with Crippen LogP contribution in [0.25, 0.3) is 0 Å². The predicted molar refractivity (Wildman–Crippen MR) is 117 cm³/mol. The number of aromatic amines is 1. The van der Waals surface area contributed by atoms with Crippen molar-refractivity contribution in [2.45, 2.75) is 25.3 Å². The molecule has 32 heavy (non-hydrogen) atoms. The SMILES string of the molecule is COc1cccc(C2CN(C(=O)c3ccc4c(c3)CCCO4)Cc3[nH]cnc32)c1.O=CO. The van der Waals surface area contributed by atoms with Crippen LogP contribution in [0.15, 0.2) is 48.8 Å². The van der Waals surface area contributed by atoms with Gasteiger partial charge in [0.1, 0.15) is 11.5 Å². The number of nitrogens with one attached hydrogen (secondary N) is 1. The Balaban J connectivity index is 0.000000775. The molecule has 0 fully saturated rings. The second kappa shape index (κ2) is 9.55. The lowest BCUT2D eigenvalue weighted by molar-refractivity contribution is -0.122. The maximum absolute atomic E-state index is 13.3. The number of hydrogen-bond acceptors (Lipinski definition) is 5. The first-order valence-electron chi connectivity index (χ1n) is 10.4. The van der Waals surface area contributed by atoms with Crippen molar-refractivity contribution in [2.24, 2.45) is 0 Å². The minimum Gasteiger partial charge on any atom is -0.497 e. The molecule has 2 aliphatic heterocycles. The van der Waals surface area contributed by atoms with Crippen LogP contribution < -0.4 is 9.47 Å². The maximum atomic E-state index is 13.3. The fourth-order valence-electron chi connectivity index (χ4n) is 4.27. The van der Waals surface area contributed by atoms with Gasteiger partial charge in [0.05, 0.1) is 38.0 Å². The summed E-state index contributed by atoms with van der Waals surface area (Å²) in [5, 5.41) is 6.89. The molecule has 1 unspecified atom stereocenters. The van der Waals surface area contributed by atoms with E-state index in [0.29, 0.717) is 18.7 Å². The molecule has 166 valence electrons. The van der Waals surface area contributed by atoms with Gasteiger partial charge in [0.25, 0.3) is 12.4 Å². The van der Waals surface area contributed by atoms with Crippen molar-refractivity contribution in [2.75, 3.05) is 20.3 Å². The highest BCUT2D eigenvalue weighted by Crippen LogP contribution is 2.34. The van der Waals surface area contributed by atoms with Gasteiger partial charge in [0.2, 0.25) is 0 Å². The Labute approximate surface area is 185 Å². The molecular weight excluding hydrogens is 410 g/mol. The molecule has 0 saturated heterocycles. The number of hydrogen-bond donors (Lipinski definition) is 2. The van der Waals surface area contributed by atoms with Gasteiger partial charge in [-0.1, -0.05) is 12.1 Å². The molecule has 3 aromatic rings. The zero-order valence-electron chi connectivity index (χ0n) is 17.8. The van der Waals surface area contributed by atoms with E-state index in [0.717, 1.165) is 53.5 Å². The lowest BCUT2D eigenvalue weighted by atomic mass is 9.90. The summed E-state index contributed by atoms with van der Waals surface area (Å²) in [5.41, 5.74) is 4.90. The normalized spacial score (nSPS) is 16.5. The van der Waals surface area contributed by atoms with Gasteiger partial charge in [-0.25, -0.2) is 4.98 Å². The molecule has 1 amide bonds. The van der Waals surface area contributed by atoms with Gasteiger partial charge in [-0.15, -0.1) is 0 Å². The van der Waals surface area contributed by atoms with E-state index in [9.17, 15) is 4.79 Å². The molecule has 0 radical (unpaired) electrons. The molecule has 0 aliphatic carbocycles. The molecule has 0 saturated carbocycles. The molecule has 5 rings (SSSR count). The quantitative estimate of drug-likeness (QED) is 0.612. The first kappa shape index (κ1) is 21.4. The summed E-state index contributed by atoms with van der Waals surface area (Å²) in [6, 6.07) is 13.8. The van der Waals surface area contributed by atoms with E-state index < -0.39 is 0 Å². The Hall–Kier alpha value is -3.81. The van der Waals surface area contributed by atoms with Crippen LogP contribution in [0.5, 0.6) is 11.5 Å². The van der Waals surface area contributed by atoms with Crippen molar-refractivity contribution in [1.29, 1.82) is 0 Å². The number of ether oxygens (including phenoxy) is 2. The summed E-state index contributed by atoms with van der Waals surface area (Å²) in [6.45, 7) is 1.61. The van der Waals surface area contributed by atoms with E-state index in [-0.39, 0.29) is 18.3 Å². The first-order valence-corrected chi connectivity index (χ1v) is 10.4. The highest BCUT2D eigenvalue weighted by atomic mass is 16.5. The number of benzene rings is 2. The Morgan fingerprint density at radius 1 is 1.31 bits per heavy atom. The zero-order chi connectivity index (χ0) is 22.5. The largest absolute Gasteiger partial charge is 0.497 e. The number of fused-ring (bicyclic) bond motifs is 2. The average Bonchev–Trinajstić information content (AvgIpc) is 3.32. The number of nitrogens with zero attached hydrogens (tertiary/aromatic N) is 2. The number of carbonyl (C=O) groups is 2. The third-order valence-corrected chi connectivity index (χ3v) is 5.77. The topological polar surface area (TPSA) is 105 Å². The van der Waals surface area contributed by atoms with E-state index in [1.165, 1.54) is 0 Å². The van der Waals surface area contributed by atoms with Crippen LogP contribution in [0.1, 0.15) is 45.2 Å². The summed E-state index contributed by atoms with van der Waals surface area (Å²) in [6.07, 6.45) is 3.65. The molecule has 8 nitrogen and oxygen atoms in total. The number of imidazole rings is 1. The lowest BCUT2D eigenvalue weighted by Gasteiger charge is -2.32. The van der Waals surface area contributed by atoms with Gasteiger partial charge in [-0.05, 0) is 54.3 Å². The van der Waals surface area contributed by atoms with Crippen LogP contribution in [0.3, 0.4) is 0 Å². The van der Waals surface area contributed by atoms with Gasteiger partial charge in [0.15, 0.2) is 0 Å². The van der Waals surface area contributed by atoms with Crippen LogP contribution in [0, 0.1) is 0 Å². The van der Waals surface area contributed by atoms with Crippen LogP contribution in [-0.2, 0) is 17.8 Å². The number of carboxylic acid groups (broad SMARTS) is 1. The number of amides is 1. The average molecular weight is 435 g/mol. The summed E-state index contributed by atoms with van der Waals surface area (Å²) >= 11 is 0. The fourth-order valence-corrected chi connectivity index (χ4v) is 4.27.